The quantitative estimate of drug-likeness (QED) is 0.871. The largest absolute Gasteiger partial charge is 0.478 e. The number of halogens is 4. The minimum absolute atomic E-state index is 0.0766. The molecule has 2 aromatic carbocycles. The molecule has 0 saturated carbocycles. The number of carbonyl (C=O) groups is 1. The molecule has 0 aromatic heterocycles. The average Bonchev–Trinajstić information content (AvgIpc) is 2.37. The van der Waals surface area contributed by atoms with E-state index in [2.05, 4.69) is 0 Å². The third-order valence-electron chi connectivity index (χ3n) is 2.71. The summed E-state index contributed by atoms with van der Waals surface area (Å²) < 4.78 is 38.1. The van der Waals surface area contributed by atoms with Gasteiger partial charge in [0, 0.05) is 10.6 Å². The SMILES string of the molecule is O=C(O)c1cc(C(F)(F)F)cc(Cl)c1-c1ccccc1. The van der Waals surface area contributed by atoms with Gasteiger partial charge in [0.25, 0.3) is 0 Å². The number of hydrogen-bond acceptors (Lipinski definition) is 1. The van der Waals surface area contributed by atoms with E-state index in [1.54, 1.807) is 30.3 Å². The summed E-state index contributed by atoms with van der Waals surface area (Å²) in [6.07, 6.45) is -4.65. The lowest BCUT2D eigenvalue weighted by Crippen LogP contribution is -2.09. The smallest absolute Gasteiger partial charge is 0.416 e. The minimum Gasteiger partial charge on any atom is -0.478 e. The molecule has 0 unspecified atom stereocenters. The van der Waals surface area contributed by atoms with Crippen molar-refractivity contribution in [3.8, 4) is 11.1 Å². The fourth-order valence-electron chi connectivity index (χ4n) is 1.84. The van der Waals surface area contributed by atoms with E-state index in [0.717, 1.165) is 6.07 Å². The van der Waals surface area contributed by atoms with Crippen LogP contribution in [0.4, 0.5) is 13.2 Å². The zero-order valence-electron chi connectivity index (χ0n) is 9.91. The first-order valence-electron chi connectivity index (χ1n) is 5.50. The topological polar surface area (TPSA) is 37.3 Å². The average molecular weight is 301 g/mol. The van der Waals surface area contributed by atoms with Crippen LogP contribution in [0.1, 0.15) is 15.9 Å². The van der Waals surface area contributed by atoms with E-state index in [0.29, 0.717) is 11.6 Å². The molecule has 2 rings (SSSR count). The summed E-state index contributed by atoms with van der Waals surface area (Å²) in [5.41, 5.74) is -1.04. The summed E-state index contributed by atoms with van der Waals surface area (Å²) in [5.74, 6) is -1.46. The number of benzene rings is 2. The lowest BCUT2D eigenvalue weighted by Gasteiger charge is -2.13. The number of carboxylic acids is 1. The van der Waals surface area contributed by atoms with Crippen molar-refractivity contribution in [2.45, 2.75) is 6.18 Å². The lowest BCUT2D eigenvalue weighted by molar-refractivity contribution is -0.137. The molecule has 0 heterocycles. The van der Waals surface area contributed by atoms with Gasteiger partial charge < -0.3 is 5.11 Å². The molecule has 2 nitrogen and oxygen atoms in total. The zero-order valence-corrected chi connectivity index (χ0v) is 10.7. The number of aromatic carboxylic acids is 1. The molecule has 0 saturated heterocycles. The second-order valence-electron chi connectivity index (χ2n) is 4.05. The third kappa shape index (κ3) is 2.77. The van der Waals surface area contributed by atoms with E-state index in [4.69, 9.17) is 16.7 Å². The fraction of sp³-hybridized carbons (Fsp3) is 0.0714. The molecule has 0 bridgehead atoms. The van der Waals surface area contributed by atoms with Gasteiger partial charge in [-0.2, -0.15) is 13.2 Å². The minimum atomic E-state index is -4.65. The van der Waals surface area contributed by atoms with Gasteiger partial charge in [-0.3, -0.25) is 0 Å². The van der Waals surface area contributed by atoms with Crippen LogP contribution in [0.15, 0.2) is 42.5 Å². The maximum Gasteiger partial charge on any atom is 0.416 e. The molecule has 1 N–H and O–H groups in total. The van der Waals surface area contributed by atoms with Crippen LogP contribution in [0, 0.1) is 0 Å². The highest BCUT2D eigenvalue weighted by Crippen LogP contribution is 2.38. The van der Waals surface area contributed by atoms with Crippen molar-refractivity contribution >= 4 is 17.6 Å². The Morgan fingerprint density at radius 2 is 1.70 bits per heavy atom. The maximum absolute atomic E-state index is 12.7. The van der Waals surface area contributed by atoms with Gasteiger partial charge in [-0.1, -0.05) is 41.9 Å². The highest BCUT2D eigenvalue weighted by Gasteiger charge is 2.33. The van der Waals surface area contributed by atoms with Crippen molar-refractivity contribution in [3.63, 3.8) is 0 Å². The Morgan fingerprint density at radius 3 is 2.20 bits per heavy atom. The Kier molecular flexibility index (Phi) is 3.72. The van der Waals surface area contributed by atoms with E-state index < -0.39 is 23.3 Å². The Labute approximate surface area is 117 Å². The van der Waals surface area contributed by atoms with Gasteiger partial charge in [0.05, 0.1) is 11.1 Å². The molecule has 0 radical (unpaired) electrons. The Balaban J connectivity index is 2.73. The molecular formula is C14H8ClF3O2. The van der Waals surface area contributed by atoms with Crippen LogP contribution >= 0.6 is 11.6 Å². The molecule has 20 heavy (non-hydrogen) atoms. The summed E-state index contributed by atoms with van der Waals surface area (Å²) in [4.78, 5) is 11.2. The van der Waals surface area contributed by atoms with Crippen LogP contribution in [-0.4, -0.2) is 11.1 Å². The Morgan fingerprint density at radius 1 is 1.10 bits per heavy atom. The number of rotatable bonds is 2. The molecule has 0 amide bonds. The van der Waals surface area contributed by atoms with Gasteiger partial charge in [-0.15, -0.1) is 0 Å². The fourth-order valence-corrected chi connectivity index (χ4v) is 2.17. The van der Waals surface area contributed by atoms with Crippen molar-refractivity contribution in [2.24, 2.45) is 0 Å². The number of carboxylic acid groups (broad SMARTS) is 1. The van der Waals surface area contributed by atoms with Gasteiger partial charge in [-0.05, 0) is 17.7 Å². The number of alkyl halides is 3. The van der Waals surface area contributed by atoms with E-state index in [1.807, 2.05) is 0 Å². The molecule has 104 valence electrons. The molecule has 6 heteroatoms. The molecular weight excluding hydrogens is 293 g/mol. The summed E-state index contributed by atoms with van der Waals surface area (Å²) in [5, 5.41) is 8.87. The van der Waals surface area contributed by atoms with Gasteiger partial charge in [0.1, 0.15) is 0 Å². The number of hydrogen-bond donors (Lipinski definition) is 1. The van der Waals surface area contributed by atoms with Crippen molar-refractivity contribution in [3.05, 3.63) is 58.6 Å². The van der Waals surface area contributed by atoms with E-state index in [1.165, 1.54) is 0 Å². The predicted octanol–water partition coefficient (Wildman–Crippen LogP) is 4.72. The second kappa shape index (κ2) is 5.17. The van der Waals surface area contributed by atoms with E-state index in [-0.39, 0.29) is 10.6 Å². The summed E-state index contributed by atoms with van der Waals surface area (Å²) in [6, 6.07) is 9.50. The van der Waals surface area contributed by atoms with Crippen LogP contribution in [0.25, 0.3) is 11.1 Å². The lowest BCUT2D eigenvalue weighted by atomic mass is 9.97. The summed E-state index contributed by atoms with van der Waals surface area (Å²) in [6.45, 7) is 0. The molecule has 0 aliphatic carbocycles. The standard InChI is InChI=1S/C14H8ClF3O2/c15-11-7-9(14(16,17)18)6-10(13(19)20)12(11)8-4-2-1-3-5-8/h1-7H,(H,19,20). The molecule has 0 aliphatic rings. The Bertz CT molecular complexity index is 651. The van der Waals surface area contributed by atoms with Crippen LogP contribution in [0.5, 0.6) is 0 Å². The highest BCUT2D eigenvalue weighted by atomic mass is 35.5. The third-order valence-corrected chi connectivity index (χ3v) is 3.01. The predicted molar refractivity (Wildman–Crippen MR) is 68.8 cm³/mol. The van der Waals surface area contributed by atoms with Gasteiger partial charge in [-0.25, -0.2) is 4.79 Å². The maximum atomic E-state index is 12.7. The zero-order chi connectivity index (χ0) is 14.9. The van der Waals surface area contributed by atoms with Gasteiger partial charge >= 0.3 is 12.1 Å². The monoisotopic (exact) mass is 300 g/mol. The molecule has 2 aromatic rings. The normalized spacial score (nSPS) is 11.4. The van der Waals surface area contributed by atoms with Crippen LogP contribution in [-0.2, 0) is 6.18 Å². The second-order valence-corrected chi connectivity index (χ2v) is 4.46. The van der Waals surface area contributed by atoms with Crippen molar-refractivity contribution in [2.75, 3.05) is 0 Å². The molecule has 0 atom stereocenters. The Hall–Kier alpha value is -2.01. The van der Waals surface area contributed by atoms with Crippen molar-refractivity contribution in [1.82, 2.24) is 0 Å². The first-order chi connectivity index (χ1) is 9.30. The summed E-state index contributed by atoms with van der Waals surface area (Å²) >= 11 is 5.86. The molecule has 0 fully saturated rings. The highest BCUT2D eigenvalue weighted by molar-refractivity contribution is 6.34. The first kappa shape index (κ1) is 14.4. The van der Waals surface area contributed by atoms with E-state index in [9.17, 15) is 18.0 Å². The van der Waals surface area contributed by atoms with Crippen molar-refractivity contribution in [1.29, 1.82) is 0 Å². The first-order valence-corrected chi connectivity index (χ1v) is 5.88. The molecule has 0 spiro atoms. The van der Waals surface area contributed by atoms with Crippen LogP contribution in [0.3, 0.4) is 0 Å². The van der Waals surface area contributed by atoms with Crippen LogP contribution in [0.2, 0.25) is 5.02 Å². The van der Waals surface area contributed by atoms with E-state index >= 15 is 0 Å². The van der Waals surface area contributed by atoms with Gasteiger partial charge in [0.2, 0.25) is 0 Å². The summed E-state index contributed by atoms with van der Waals surface area (Å²) in [7, 11) is 0. The van der Waals surface area contributed by atoms with Crippen molar-refractivity contribution < 1.29 is 23.1 Å². The van der Waals surface area contributed by atoms with Crippen LogP contribution < -0.4 is 0 Å². The van der Waals surface area contributed by atoms with Gasteiger partial charge in [0.15, 0.2) is 0 Å². The molecule has 0 aliphatic heterocycles.